The molecule has 0 aliphatic carbocycles. The monoisotopic (exact) mass is 278 g/mol. The number of nitrogens with one attached hydrogen (secondary N) is 2. The lowest BCUT2D eigenvalue weighted by atomic mass is 9.91. The summed E-state index contributed by atoms with van der Waals surface area (Å²) in [4.78, 5) is 23.1. The van der Waals surface area contributed by atoms with Crippen LogP contribution in [-0.2, 0) is 5.41 Å². The normalized spacial score (nSPS) is 11.4. The first-order valence-electron chi connectivity index (χ1n) is 5.85. The maximum atomic E-state index is 12.1. The highest BCUT2D eigenvalue weighted by Crippen LogP contribution is 2.23. The third-order valence-electron chi connectivity index (χ3n) is 2.55. The van der Waals surface area contributed by atoms with Gasteiger partial charge in [-0.05, 0) is 12.1 Å². The Labute approximate surface area is 116 Å². The summed E-state index contributed by atoms with van der Waals surface area (Å²) in [6.45, 7) is 6.04. The smallest absolute Gasteiger partial charge is 0.258 e. The number of hydrogen-bond acceptors (Lipinski definition) is 3. The van der Waals surface area contributed by atoms with Gasteiger partial charge in [-0.15, -0.1) is 0 Å². The van der Waals surface area contributed by atoms with E-state index < -0.39 is 0 Å². The molecule has 6 heteroatoms. The lowest BCUT2D eigenvalue weighted by Crippen LogP contribution is -2.18. The van der Waals surface area contributed by atoms with Crippen molar-refractivity contribution in [3.05, 3.63) is 40.9 Å². The number of amides is 1. The van der Waals surface area contributed by atoms with Gasteiger partial charge in [-0.3, -0.25) is 10.1 Å². The van der Waals surface area contributed by atoms with Crippen LogP contribution in [0.5, 0.6) is 0 Å². The van der Waals surface area contributed by atoms with Crippen LogP contribution in [0, 0.1) is 0 Å². The highest BCUT2D eigenvalue weighted by atomic mass is 35.5. The van der Waals surface area contributed by atoms with E-state index in [2.05, 4.69) is 20.3 Å². The van der Waals surface area contributed by atoms with E-state index in [1.807, 2.05) is 20.8 Å². The van der Waals surface area contributed by atoms with Gasteiger partial charge in [0.2, 0.25) is 5.95 Å². The molecule has 0 bridgehead atoms. The van der Waals surface area contributed by atoms with Crippen LogP contribution < -0.4 is 5.32 Å². The molecule has 0 aromatic carbocycles. The van der Waals surface area contributed by atoms with Crippen molar-refractivity contribution in [3.63, 3.8) is 0 Å². The maximum absolute atomic E-state index is 12.1. The summed E-state index contributed by atoms with van der Waals surface area (Å²) in [6, 6.07) is 3.28. The molecule has 2 rings (SSSR count). The zero-order chi connectivity index (χ0) is 14.0. The number of aromatic nitrogens is 3. The van der Waals surface area contributed by atoms with Gasteiger partial charge in [0, 0.05) is 29.1 Å². The van der Waals surface area contributed by atoms with Crippen LogP contribution in [0.3, 0.4) is 0 Å². The molecule has 0 aliphatic heterocycles. The van der Waals surface area contributed by atoms with Crippen molar-refractivity contribution in [2.45, 2.75) is 26.2 Å². The number of halogens is 1. The second-order valence-corrected chi connectivity index (χ2v) is 5.59. The lowest BCUT2D eigenvalue weighted by Gasteiger charge is -2.18. The molecule has 5 nitrogen and oxygen atoms in total. The molecule has 0 atom stereocenters. The van der Waals surface area contributed by atoms with Crippen molar-refractivity contribution in [3.8, 4) is 0 Å². The fourth-order valence-electron chi connectivity index (χ4n) is 1.53. The van der Waals surface area contributed by atoms with Crippen LogP contribution in [0.4, 0.5) is 5.95 Å². The Kier molecular flexibility index (Phi) is 3.57. The first kappa shape index (κ1) is 13.5. The van der Waals surface area contributed by atoms with Crippen molar-refractivity contribution in [2.75, 3.05) is 5.32 Å². The molecule has 2 heterocycles. The van der Waals surface area contributed by atoms with E-state index >= 15 is 0 Å². The average Bonchev–Trinajstić information content (AvgIpc) is 2.79. The standard InChI is InChI=1S/C13H15ClN4O/c1-13(2,3)9-6-8(7-10(14)17-9)11(19)18-12-15-4-5-16-12/h4-7H,1-3H3,(H2,15,16,18,19). The van der Waals surface area contributed by atoms with Gasteiger partial charge in [-0.25, -0.2) is 9.97 Å². The summed E-state index contributed by atoms with van der Waals surface area (Å²) >= 11 is 5.97. The van der Waals surface area contributed by atoms with Gasteiger partial charge >= 0.3 is 0 Å². The molecule has 0 unspecified atom stereocenters. The summed E-state index contributed by atoms with van der Waals surface area (Å²) in [6.07, 6.45) is 3.20. The summed E-state index contributed by atoms with van der Waals surface area (Å²) < 4.78 is 0. The van der Waals surface area contributed by atoms with E-state index in [4.69, 9.17) is 11.6 Å². The molecule has 2 aromatic rings. The number of imidazole rings is 1. The van der Waals surface area contributed by atoms with Crippen molar-refractivity contribution in [1.29, 1.82) is 0 Å². The Morgan fingerprint density at radius 3 is 2.68 bits per heavy atom. The van der Waals surface area contributed by atoms with Crippen molar-refractivity contribution >= 4 is 23.5 Å². The molecule has 0 aliphatic rings. The van der Waals surface area contributed by atoms with Crippen molar-refractivity contribution < 1.29 is 4.79 Å². The van der Waals surface area contributed by atoms with Crippen LogP contribution in [0.1, 0.15) is 36.8 Å². The maximum Gasteiger partial charge on any atom is 0.258 e. The van der Waals surface area contributed by atoms with E-state index in [1.165, 1.54) is 6.07 Å². The Hall–Kier alpha value is -1.88. The number of hydrogen-bond donors (Lipinski definition) is 2. The SMILES string of the molecule is CC(C)(C)c1cc(C(=O)Nc2ncc[nH]2)cc(Cl)n1. The number of pyridine rings is 1. The van der Waals surface area contributed by atoms with Gasteiger partial charge < -0.3 is 4.98 Å². The topological polar surface area (TPSA) is 70.7 Å². The largest absolute Gasteiger partial charge is 0.331 e. The predicted octanol–water partition coefficient (Wildman–Crippen LogP) is 3.01. The Morgan fingerprint density at radius 1 is 1.37 bits per heavy atom. The van der Waals surface area contributed by atoms with Crippen LogP contribution in [0.2, 0.25) is 5.15 Å². The number of carbonyl (C=O) groups is 1. The van der Waals surface area contributed by atoms with Crippen molar-refractivity contribution in [2.24, 2.45) is 0 Å². The zero-order valence-corrected chi connectivity index (χ0v) is 11.7. The summed E-state index contributed by atoms with van der Waals surface area (Å²) in [5.74, 6) is 0.125. The lowest BCUT2D eigenvalue weighted by molar-refractivity contribution is 0.102. The number of anilines is 1. The van der Waals surface area contributed by atoms with Gasteiger partial charge in [0.15, 0.2) is 0 Å². The van der Waals surface area contributed by atoms with Gasteiger partial charge in [-0.2, -0.15) is 0 Å². The molecule has 0 radical (unpaired) electrons. The van der Waals surface area contributed by atoms with E-state index in [1.54, 1.807) is 18.5 Å². The highest BCUT2D eigenvalue weighted by molar-refractivity contribution is 6.29. The molecule has 0 saturated carbocycles. The van der Waals surface area contributed by atoms with Gasteiger partial charge in [0.25, 0.3) is 5.91 Å². The minimum Gasteiger partial charge on any atom is -0.331 e. The summed E-state index contributed by atoms with van der Waals surface area (Å²) in [5.41, 5.74) is 1.05. The minimum absolute atomic E-state index is 0.176. The zero-order valence-electron chi connectivity index (χ0n) is 11.0. The number of rotatable bonds is 2. The summed E-state index contributed by atoms with van der Waals surface area (Å²) in [5, 5.41) is 2.95. The number of nitrogens with zero attached hydrogens (tertiary/aromatic N) is 2. The van der Waals surface area contributed by atoms with Gasteiger partial charge in [0.1, 0.15) is 5.15 Å². The molecule has 0 spiro atoms. The molecule has 2 aromatic heterocycles. The van der Waals surface area contributed by atoms with Crippen molar-refractivity contribution in [1.82, 2.24) is 15.0 Å². The molecule has 1 amide bonds. The molecule has 19 heavy (non-hydrogen) atoms. The van der Waals surface area contributed by atoms with Crippen LogP contribution in [0.15, 0.2) is 24.5 Å². The first-order valence-corrected chi connectivity index (χ1v) is 6.23. The predicted molar refractivity (Wildman–Crippen MR) is 74.5 cm³/mol. The highest BCUT2D eigenvalue weighted by Gasteiger charge is 2.19. The number of H-pyrrole nitrogens is 1. The molecule has 0 saturated heterocycles. The fraction of sp³-hybridized carbons (Fsp3) is 0.308. The summed E-state index contributed by atoms with van der Waals surface area (Å²) in [7, 11) is 0. The third-order valence-corrected chi connectivity index (χ3v) is 2.75. The number of carbonyl (C=O) groups excluding carboxylic acids is 1. The number of aromatic amines is 1. The first-order chi connectivity index (χ1) is 8.86. The van der Waals surface area contributed by atoms with E-state index in [0.29, 0.717) is 16.7 Å². The quantitative estimate of drug-likeness (QED) is 0.830. The van der Waals surface area contributed by atoms with E-state index in [0.717, 1.165) is 5.69 Å². The second kappa shape index (κ2) is 5.01. The Balaban J connectivity index is 2.29. The minimum atomic E-state index is -0.273. The van der Waals surface area contributed by atoms with Crippen LogP contribution >= 0.6 is 11.6 Å². The van der Waals surface area contributed by atoms with E-state index in [-0.39, 0.29) is 11.3 Å². The molecule has 2 N–H and O–H groups in total. The molecule has 100 valence electrons. The average molecular weight is 279 g/mol. The van der Waals surface area contributed by atoms with E-state index in [9.17, 15) is 4.79 Å². The van der Waals surface area contributed by atoms with Gasteiger partial charge in [0.05, 0.1) is 0 Å². The molecule has 0 fully saturated rings. The van der Waals surface area contributed by atoms with Crippen LogP contribution in [-0.4, -0.2) is 20.9 Å². The Morgan fingerprint density at radius 2 is 2.11 bits per heavy atom. The molecular weight excluding hydrogens is 264 g/mol. The Bertz CT molecular complexity index is 587. The third kappa shape index (κ3) is 3.32. The second-order valence-electron chi connectivity index (χ2n) is 5.21. The van der Waals surface area contributed by atoms with Gasteiger partial charge in [-0.1, -0.05) is 32.4 Å². The fourth-order valence-corrected chi connectivity index (χ4v) is 1.73. The van der Waals surface area contributed by atoms with Crippen LogP contribution in [0.25, 0.3) is 0 Å². The molecular formula is C13H15ClN4O.